The van der Waals surface area contributed by atoms with Crippen molar-refractivity contribution >= 4 is 27.0 Å². The molecule has 2 aromatic heterocycles. The molecule has 4 rings (SSSR count). The summed E-state index contributed by atoms with van der Waals surface area (Å²) >= 11 is 0. The van der Waals surface area contributed by atoms with Gasteiger partial charge in [0, 0.05) is 44.0 Å². The Labute approximate surface area is 176 Å². The highest BCUT2D eigenvalue weighted by atomic mass is 32.2. The quantitative estimate of drug-likeness (QED) is 0.625. The predicted octanol–water partition coefficient (Wildman–Crippen LogP) is 1.75. The molecule has 1 aliphatic heterocycles. The lowest BCUT2D eigenvalue weighted by molar-refractivity contribution is -0.123. The van der Waals surface area contributed by atoms with Gasteiger partial charge < -0.3 is 10.3 Å². The lowest BCUT2D eigenvalue weighted by atomic mass is 10.1. The third kappa shape index (κ3) is 4.23. The number of aromatic amines is 1. The molecule has 0 radical (unpaired) electrons. The molecule has 1 aliphatic rings. The number of benzene rings is 1. The van der Waals surface area contributed by atoms with Gasteiger partial charge in [0.05, 0.1) is 12.6 Å². The molecular formula is C21H25N5O3S. The molecule has 1 atom stereocenters. The Morgan fingerprint density at radius 2 is 1.87 bits per heavy atom. The van der Waals surface area contributed by atoms with Crippen molar-refractivity contribution in [3.8, 4) is 0 Å². The van der Waals surface area contributed by atoms with Crippen LogP contribution < -0.4 is 5.32 Å². The topological polar surface area (TPSA) is 98.4 Å². The maximum absolute atomic E-state index is 13.1. The maximum Gasteiger partial charge on any atom is 0.245 e. The summed E-state index contributed by atoms with van der Waals surface area (Å²) in [7, 11) is -3.62. The van der Waals surface area contributed by atoms with Gasteiger partial charge >= 0.3 is 0 Å². The Kier molecular flexibility index (Phi) is 5.85. The van der Waals surface area contributed by atoms with Crippen molar-refractivity contribution in [2.75, 3.05) is 32.7 Å². The molecule has 1 unspecified atom stereocenters. The molecule has 158 valence electrons. The summed E-state index contributed by atoms with van der Waals surface area (Å²) in [6.07, 6.45) is 3.12. The second kappa shape index (κ2) is 8.55. The Hall–Kier alpha value is -2.75. The number of amides is 1. The molecule has 0 bridgehead atoms. The van der Waals surface area contributed by atoms with Gasteiger partial charge in [0.2, 0.25) is 15.9 Å². The van der Waals surface area contributed by atoms with Crippen molar-refractivity contribution in [2.45, 2.75) is 17.9 Å². The fourth-order valence-electron chi connectivity index (χ4n) is 3.73. The first-order valence-corrected chi connectivity index (χ1v) is 11.4. The lowest BCUT2D eigenvalue weighted by Crippen LogP contribution is -2.51. The summed E-state index contributed by atoms with van der Waals surface area (Å²) in [5.74, 6) is -0.0645. The van der Waals surface area contributed by atoms with Gasteiger partial charge in [-0.2, -0.15) is 4.31 Å². The van der Waals surface area contributed by atoms with Gasteiger partial charge in [0.25, 0.3) is 0 Å². The monoisotopic (exact) mass is 427 g/mol. The second-order valence-corrected chi connectivity index (χ2v) is 9.34. The standard InChI is InChI=1S/C21H25N5O3S/c1-16(17-6-3-2-4-7-17)24-20(27)15-25-10-12-26(13-11-25)30(28,29)19-14-23-21-18(19)8-5-9-22-21/h2-9,14,16H,10-13,15H2,1H3,(H,22,23)(H,24,27). The van der Waals surface area contributed by atoms with Gasteiger partial charge in [0.15, 0.2) is 0 Å². The van der Waals surface area contributed by atoms with E-state index < -0.39 is 10.0 Å². The van der Waals surface area contributed by atoms with Crippen LogP contribution >= 0.6 is 0 Å². The van der Waals surface area contributed by atoms with Gasteiger partial charge in [-0.3, -0.25) is 9.69 Å². The number of rotatable bonds is 6. The minimum absolute atomic E-state index is 0.0645. The summed E-state index contributed by atoms with van der Waals surface area (Å²) in [6.45, 7) is 3.91. The van der Waals surface area contributed by atoms with Gasteiger partial charge in [0.1, 0.15) is 10.5 Å². The van der Waals surface area contributed by atoms with Crippen molar-refractivity contribution in [2.24, 2.45) is 0 Å². The van der Waals surface area contributed by atoms with Crippen molar-refractivity contribution < 1.29 is 13.2 Å². The molecule has 8 nitrogen and oxygen atoms in total. The number of carbonyl (C=O) groups excluding carboxylic acids is 1. The minimum atomic E-state index is -3.62. The second-order valence-electron chi connectivity index (χ2n) is 7.43. The SMILES string of the molecule is CC(NC(=O)CN1CCN(S(=O)(=O)c2c[nH]c3ncccc23)CC1)c1ccccc1. The van der Waals surface area contributed by atoms with Gasteiger partial charge in [-0.25, -0.2) is 13.4 Å². The van der Waals surface area contributed by atoms with Crippen molar-refractivity contribution in [1.82, 2.24) is 24.5 Å². The predicted molar refractivity (Wildman–Crippen MR) is 114 cm³/mol. The van der Waals surface area contributed by atoms with Crippen LogP contribution in [0.25, 0.3) is 11.0 Å². The number of aromatic nitrogens is 2. The number of nitrogens with one attached hydrogen (secondary N) is 2. The smallest absolute Gasteiger partial charge is 0.245 e. The highest BCUT2D eigenvalue weighted by molar-refractivity contribution is 7.89. The number of fused-ring (bicyclic) bond motifs is 1. The number of piperazine rings is 1. The molecule has 3 heterocycles. The molecule has 30 heavy (non-hydrogen) atoms. The molecule has 1 fully saturated rings. The van der Waals surface area contributed by atoms with E-state index in [0.717, 1.165) is 5.56 Å². The molecule has 2 N–H and O–H groups in total. The Bertz CT molecular complexity index is 1120. The Balaban J connectivity index is 1.34. The minimum Gasteiger partial charge on any atom is -0.348 e. The molecule has 1 amide bonds. The zero-order valence-electron chi connectivity index (χ0n) is 16.8. The first-order valence-electron chi connectivity index (χ1n) is 9.94. The molecule has 3 aromatic rings. The Morgan fingerprint density at radius 3 is 2.60 bits per heavy atom. The molecule has 9 heteroatoms. The normalized spacial score (nSPS) is 17.1. The molecule has 0 spiro atoms. The summed E-state index contributed by atoms with van der Waals surface area (Å²) < 4.78 is 27.6. The van der Waals surface area contributed by atoms with Crippen molar-refractivity contribution in [3.05, 3.63) is 60.4 Å². The van der Waals surface area contributed by atoms with Crippen LogP contribution in [0.2, 0.25) is 0 Å². The van der Waals surface area contributed by atoms with Gasteiger partial charge in [-0.05, 0) is 24.6 Å². The average molecular weight is 428 g/mol. The van der Waals surface area contributed by atoms with Crippen LogP contribution in [0, 0.1) is 0 Å². The van der Waals surface area contributed by atoms with E-state index in [2.05, 4.69) is 15.3 Å². The van der Waals surface area contributed by atoms with E-state index in [-0.39, 0.29) is 23.4 Å². The first-order chi connectivity index (χ1) is 14.4. The molecular weight excluding hydrogens is 402 g/mol. The van der Waals surface area contributed by atoms with Crippen LogP contribution in [0.4, 0.5) is 0 Å². The maximum atomic E-state index is 13.1. The number of H-pyrrole nitrogens is 1. The van der Waals surface area contributed by atoms with Crippen LogP contribution in [-0.4, -0.2) is 66.2 Å². The first kappa shape index (κ1) is 20.5. The van der Waals surface area contributed by atoms with E-state index in [4.69, 9.17) is 0 Å². The van der Waals surface area contributed by atoms with E-state index in [1.54, 1.807) is 18.3 Å². The third-order valence-electron chi connectivity index (χ3n) is 5.41. The molecule has 1 saturated heterocycles. The molecule has 1 aromatic carbocycles. The number of pyridine rings is 1. The third-order valence-corrected chi connectivity index (χ3v) is 7.35. The van der Waals surface area contributed by atoms with Crippen LogP contribution in [0.15, 0.2) is 59.8 Å². The van der Waals surface area contributed by atoms with Gasteiger partial charge in [-0.1, -0.05) is 30.3 Å². The van der Waals surface area contributed by atoms with Crippen LogP contribution in [0.1, 0.15) is 18.5 Å². The highest BCUT2D eigenvalue weighted by Crippen LogP contribution is 2.25. The average Bonchev–Trinajstić information content (AvgIpc) is 3.20. The fraction of sp³-hybridized carbons (Fsp3) is 0.333. The summed E-state index contributed by atoms with van der Waals surface area (Å²) in [4.78, 5) is 21.7. The number of hydrogen-bond acceptors (Lipinski definition) is 5. The van der Waals surface area contributed by atoms with E-state index in [1.165, 1.54) is 10.5 Å². The lowest BCUT2D eigenvalue weighted by Gasteiger charge is -2.33. The number of carbonyl (C=O) groups is 1. The van der Waals surface area contributed by atoms with E-state index in [0.29, 0.717) is 37.2 Å². The fourth-order valence-corrected chi connectivity index (χ4v) is 5.30. The van der Waals surface area contributed by atoms with E-state index in [1.807, 2.05) is 42.2 Å². The molecule has 0 saturated carbocycles. The summed E-state index contributed by atoms with van der Waals surface area (Å²) in [5.41, 5.74) is 1.61. The zero-order chi connectivity index (χ0) is 21.1. The number of nitrogens with zero attached hydrogens (tertiary/aromatic N) is 3. The van der Waals surface area contributed by atoms with E-state index >= 15 is 0 Å². The van der Waals surface area contributed by atoms with Crippen LogP contribution in [-0.2, 0) is 14.8 Å². The van der Waals surface area contributed by atoms with Crippen molar-refractivity contribution in [1.29, 1.82) is 0 Å². The number of hydrogen-bond donors (Lipinski definition) is 2. The summed E-state index contributed by atoms with van der Waals surface area (Å²) in [6, 6.07) is 13.2. The number of sulfonamides is 1. The largest absolute Gasteiger partial charge is 0.348 e. The van der Waals surface area contributed by atoms with Crippen LogP contribution in [0.3, 0.4) is 0 Å². The van der Waals surface area contributed by atoms with Crippen molar-refractivity contribution in [3.63, 3.8) is 0 Å². The summed E-state index contributed by atoms with van der Waals surface area (Å²) in [5, 5.41) is 3.60. The molecule has 0 aliphatic carbocycles. The Morgan fingerprint density at radius 1 is 1.13 bits per heavy atom. The van der Waals surface area contributed by atoms with Crippen LogP contribution in [0.5, 0.6) is 0 Å². The zero-order valence-corrected chi connectivity index (χ0v) is 17.6. The van der Waals surface area contributed by atoms with E-state index in [9.17, 15) is 13.2 Å². The highest BCUT2D eigenvalue weighted by Gasteiger charge is 2.31. The van der Waals surface area contributed by atoms with Gasteiger partial charge in [-0.15, -0.1) is 0 Å².